The summed E-state index contributed by atoms with van der Waals surface area (Å²) in [5, 5.41) is 3.06. The maximum absolute atomic E-state index is 4.29. The molecule has 3 nitrogen and oxygen atoms in total. The Morgan fingerprint density at radius 2 is 1.93 bits per heavy atom. The highest BCUT2D eigenvalue weighted by molar-refractivity contribution is 5.90. The first kappa shape index (κ1) is 8.97. The maximum atomic E-state index is 4.29. The van der Waals surface area contributed by atoms with Crippen molar-refractivity contribution in [3.63, 3.8) is 0 Å². The zero-order valence-corrected chi connectivity index (χ0v) is 8.36. The first-order chi connectivity index (χ1) is 6.77. The van der Waals surface area contributed by atoms with Crippen molar-refractivity contribution in [3.8, 4) is 0 Å². The predicted octanol–water partition coefficient (Wildman–Crippen LogP) is 2.12. The number of fused-ring (bicyclic) bond motifs is 1. The minimum atomic E-state index is 1.01. The molecule has 0 saturated carbocycles. The van der Waals surface area contributed by atoms with Crippen LogP contribution in [0.25, 0.3) is 10.9 Å². The third kappa shape index (κ3) is 1.67. The molecule has 1 aromatic carbocycles. The van der Waals surface area contributed by atoms with E-state index < -0.39 is 0 Å². The van der Waals surface area contributed by atoms with Crippen molar-refractivity contribution in [2.24, 2.45) is 0 Å². The van der Waals surface area contributed by atoms with Crippen LogP contribution in [0.4, 0.5) is 5.69 Å². The van der Waals surface area contributed by atoms with Crippen LogP contribution >= 0.6 is 0 Å². The van der Waals surface area contributed by atoms with Gasteiger partial charge in [-0.3, -0.25) is 4.98 Å². The minimum absolute atomic E-state index is 1.01. The van der Waals surface area contributed by atoms with E-state index in [2.05, 4.69) is 16.5 Å². The molecule has 1 N–H and O–H groups in total. The topological polar surface area (TPSA) is 28.2 Å². The Morgan fingerprint density at radius 1 is 1.14 bits per heavy atom. The second-order valence-corrected chi connectivity index (χ2v) is 3.38. The van der Waals surface area contributed by atoms with Crippen molar-refractivity contribution in [2.45, 2.75) is 0 Å². The van der Waals surface area contributed by atoms with Crippen LogP contribution < -0.4 is 5.43 Å². The smallest absolute Gasteiger partial charge is 0.0723 e. The molecule has 0 aliphatic heterocycles. The Balaban J connectivity index is 2.53. The van der Waals surface area contributed by atoms with Crippen LogP contribution in [0.3, 0.4) is 0 Å². The number of hydrogen-bond acceptors (Lipinski definition) is 3. The molecule has 0 bridgehead atoms. The van der Waals surface area contributed by atoms with Gasteiger partial charge in [-0.1, -0.05) is 18.2 Å². The molecule has 2 aromatic rings. The summed E-state index contributed by atoms with van der Waals surface area (Å²) in [5.41, 5.74) is 5.34. The number of hydrogen-bond donors (Lipinski definition) is 1. The summed E-state index contributed by atoms with van der Waals surface area (Å²) in [7, 11) is 3.93. The number of anilines is 1. The largest absolute Gasteiger partial charge is 0.319 e. The van der Waals surface area contributed by atoms with Gasteiger partial charge in [0, 0.05) is 25.7 Å². The van der Waals surface area contributed by atoms with Crippen LogP contribution in [0, 0.1) is 0 Å². The van der Waals surface area contributed by atoms with Crippen molar-refractivity contribution < 1.29 is 0 Å². The maximum Gasteiger partial charge on any atom is 0.0723 e. The van der Waals surface area contributed by atoms with E-state index in [-0.39, 0.29) is 0 Å². The fourth-order valence-corrected chi connectivity index (χ4v) is 1.43. The van der Waals surface area contributed by atoms with E-state index >= 15 is 0 Å². The molecule has 0 spiro atoms. The lowest BCUT2D eigenvalue weighted by Gasteiger charge is -2.14. The Labute approximate surface area is 83.3 Å². The Morgan fingerprint density at radius 3 is 2.71 bits per heavy atom. The molecule has 72 valence electrons. The molecule has 0 aliphatic rings. The zero-order valence-electron chi connectivity index (χ0n) is 8.36. The number of para-hydroxylation sites is 1. The molecule has 0 unspecified atom stereocenters. The Kier molecular flexibility index (Phi) is 2.33. The number of aromatic nitrogens is 1. The van der Waals surface area contributed by atoms with Gasteiger partial charge < -0.3 is 5.43 Å². The van der Waals surface area contributed by atoms with Gasteiger partial charge in [-0.2, -0.15) is 0 Å². The molecule has 2 rings (SSSR count). The van der Waals surface area contributed by atoms with Gasteiger partial charge in [-0.15, -0.1) is 0 Å². The number of nitrogens with one attached hydrogen (secondary N) is 1. The van der Waals surface area contributed by atoms with E-state index in [4.69, 9.17) is 0 Å². The van der Waals surface area contributed by atoms with Crippen LogP contribution in [0.2, 0.25) is 0 Å². The summed E-state index contributed by atoms with van der Waals surface area (Å²) in [6, 6.07) is 10.1. The monoisotopic (exact) mass is 187 g/mol. The molecule has 1 aromatic heterocycles. The molecule has 1 heterocycles. The first-order valence-electron chi connectivity index (χ1n) is 4.55. The summed E-state index contributed by atoms with van der Waals surface area (Å²) in [6.45, 7) is 0. The quantitative estimate of drug-likeness (QED) is 0.730. The van der Waals surface area contributed by atoms with Gasteiger partial charge in [-0.05, 0) is 12.1 Å². The second-order valence-electron chi connectivity index (χ2n) is 3.38. The molecule has 0 saturated heterocycles. The molecule has 0 aliphatic carbocycles. The molecular formula is C11H13N3. The number of rotatable bonds is 2. The summed E-state index contributed by atoms with van der Waals surface area (Å²) in [6.07, 6.45) is 1.81. The van der Waals surface area contributed by atoms with Crippen LogP contribution in [0.15, 0.2) is 36.5 Å². The third-order valence-electron chi connectivity index (χ3n) is 1.99. The molecule has 3 heteroatoms. The molecule has 0 amide bonds. The Bertz CT molecular complexity index is 432. The third-order valence-corrected chi connectivity index (χ3v) is 1.99. The van der Waals surface area contributed by atoms with Gasteiger partial charge in [0.15, 0.2) is 0 Å². The summed E-state index contributed by atoms with van der Waals surface area (Å²) in [5.74, 6) is 0. The van der Waals surface area contributed by atoms with E-state index in [0.717, 1.165) is 16.6 Å². The Hall–Kier alpha value is -1.61. The van der Waals surface area contributed by atoms with Crippen LogP contribution in [-0.2, 0) is 0 Å². The molecular weight excluding hydrogens is 174 g/mol. The fourth-order valence-electron chi connectivity index (χ4n) is 1.43. The van der Waals surface area contributed by atoms with E-state index in [1.165, 1.54) is 0 Å². The van der Waals surface area contributed by atoms with Gasteiger partial charge in [0.25, 0.3) is 0 Å². The van der Waals surface area contributed by atoms with Crippen molar-refractivity contribution in [3.05, 3.63) is 36.5 Å². The van der Waals surface area contributed by atoms with Crippen molar-refractivity contribution >= 4 is 16.6 Å². The standard InChI is InChI=1S/C11H13N3/c1-14(2)13-11-7-8-12-10-6-4-3-5-9(10)11/h3-8H,1-2H3,(H,12,13). The van der Waals surface area contributed by atoms with E-state index in [9.17, 15) is 0 Å². The SMILES string of the molecule is CN(C)Nc1ccnc2ccccc12. The van der Waals surface area contributed by atoms with Crippen molar-refractivity contribution in [1.82, 2.24) is 9.99 Å². The number of benzene rings is 1. The highest BCUT2D eigenvalue weighted by Gasteiger charge is 2.00. The molecule has 14 heavy (non-hydrogen) atoms. The molecule has 0 radical (unpaired) electrons. The minimum Gasteiger partial charge on any atom is -0.319 e. The lowest BCUT2D eigenvalue weighted by molar-refractivity contribution is 0.496. The summed E-state index contributed by atoms with van der Waals surface area (Å²) in [4.78, 5) is 4.29. The lowest BCUT2D eigenvalue weighted by Crippen LogP contribution is -2.19. The summed E-state index contributed by atoms with van der Waals surface area (Å²) >= 11 is 0. The predicted molar refractivity (Wildman–Crippen MR) is 59.1 cm³/mol. The van der Waals surface area contributed by atoms with Crippen LogP contribution in [-0.4, -0.2) is 24.1 Å². The molecule has 0 atom stereocenters. The summed E-state index contributed by atoms with van der Waals surface area (Å²) < 4.78 is 0. The van der Waals surface area contributed by atoms with E-state index in [1.807, 2.05) is 49.6 Å². The van der Waals surface area contributed by atoms with Gasteiger partial charge in [0.05, 0.1) is 11.2 Å². The number of nitrogens with zero attached hydrogens (tertiary/aromatic N) is 2. The average Bonchev–Trinajstić information content (AvgIpc) is 2.18. The molecule has 0 fully saturated rings. The highest BCUT2D eigenvalue weighted by Crippen LogP contribution is 2.20. The lowest BCUT2D eigenvalue weighted by atomic mass is 10.2. The van der Waals surface area contributed by atoms with E-state index in [1.54, 1.807) is 0 Å². The van der Waals surface area contributed by atoms with Gasteiger partial charge in [0.1, 0.15) is 0 Å². The number of hydrazine groups is 1. The second kappa shape index (κ2) is 3.64. The van der Waals surface area contributed by atoms with Crippen molar-refractivity contribution in [1.29, 1.82) is 0 Å². The first-order valence-corrected chi connectivity index (χ1v) is 4.55. The zero-order chi connectivity index (χ0) is 9.97. The number of pyridine rings is 1. The normalized spacial score (nSPS) is 10.8. The van der Waals surface area contributed by atoms with Gasteiger partial charge >= 0.3 is 0 Å². The van der Waals surface area contributed by atoms with Gasteiger partial charge in [-0.25, -0.2) is 5.01 Å². The van der Waals surface area contributed by atoms with E-state index in [0.29, 0.717) is 0 Å². The fraction of sp³-hybridized carbons (Fsp3) is 0.182. The van der Waals surface area contributed by atoms with Gasteiger partial charge in [0.2, 0.25) is 0 Å². The van der Waals surface area contributed by atoms with Crippen LogP contribution in [0.1, 0.15) is 0 Å². The highest BCUT2D eigenvalue weighted by atomic mass is 15.5. The van der Waals surface area contributed by atoms with Crippen LogP contribution in [0.5, 0.6) is 0 Å². The van der Waals surface area contributed by atoms with Crippen molar-refractivity contribution in [2.75, 3.05) is 19.5 Å². The average molecular weight is 187 g/mol.